The fourth-order valence-corrected chi connectivity index (χ4v) is 5.79. The van der Waals surface area contributed by atoms with Gasteiger partial charge in [-0.05, 0) is 67.6 Å². The molecule has 0 amide bonds. The van der Waals surface area contributed by atoms with Gasteiger partial charge in [0.05, 0.1) is 15.6 Å². The van der Waals surface area contributed by atoms with Gasteiger partial charge in [0.25, 0.3) is 0 Å². The number of rotatable bonds is 4. The fourth-order valence-electron chi connectivity index (χ4n) is 5.49. The van der Waals surface area contributed by atoms with Gasteiger partial charge < -0.3 is 14.7 Å². The van der Waals surface area contributed by atoms with Crippen molar-refractivity contribution < 1.29 is 18.6 Å². The highest BCUT2D eigenvalue weighted by Gasteiger charge is 2.46. The molecule has 2 aromatic rings. The van der Waals surface area contributed by atoms with Gasteiger partial charge >= 0.3 is 6.01 Å². The molecule has 32 heavy (non-hydrogen) atoms. The summed E-state index contributed by atoms with van der Waals surface area (Å²) in [5.74, 6) is -1.12. The Morgan fingerprint density at radius 3 is 2.81 bits per heavy atom. The first-order chi connectivity index (χ1) is 15.2. The van der Waals surface area contributed by atoms with Gasteiger partial charge in [0.1, 0.15) is 23.8 Å². The first-order valence-electron chi connectivity index (χ1n) is 11.0. The molecule has 6 nitrogen and oxygen atoms in total. The first kappa shape index (κ1) is 22.0. The zero-order valence-electron chi connectivity index (χ0n) is 18.1. The minimum atomic E-state index is -0.906. The second-order valence-electron chi connectivity index (χ2n) is 9.70. The molecular formula is C23H27BrF2N4O2. The van der Waals surface area contributed by atoms with Crippen molar-refractivity contribution in [3.8, 4) is 6.01 Å². The van der Waals surface area contributed by atoms with Gasteiger partial charge in [-0.3, -0.25) is 4.90 Å². The van der Waals surface area contributed by atoms with E-state index in [2.05, 4.69) is 37.4 Å². The summed E-state index contributed by atoms with van der Waals surface area (Å²) in [4.78, 5) is 13.2. The van der Waals surface area contributed by atoms with Crippen molar-refractivity contribution in [2.75, 3.05) is 37.7 Å². The van der Waals surface area contributed by atoms with E-state index in [9.17, 15) is 9.50 Å². The number of hydrogen-bond donors (Lipinski definition) is 1. The summed E-state index contributed by atoms with van der Waals surface area (Å²) < 4.78 is 35.2. The molecule has 0 spiro atoms. The molecular weight excluding hydrogens is 482 g/mol. The summed E-state index contributed by atoms with van der Waals surface area (Å²) in [6.45, 7) is 9.12. The summed E-state index contributed by atoms with van der Waals surface area (Å²) in [6.07, 6.45) is 4.38. The number of benzene rings is 1. The maximum atomic E-state index is 15.0. The number of fused-ring (bicyclic) bond motifs is 2. The summed E-state index contributed by atoms with van der Waals surface area (Å²) in [6, 6.07) is 1.30. The van der Waals surface area contributed by atoms with Crippen LogP contribution in [0.3, 0.4) is 0 Å². The molecule has 3 fully saturated rings. The Kier molecular flexibility index (Phi) is 5.41. The van der Waals surface area contributed by atoms with Crippen LogP contribution in [-0.2, 0) is 0 Å². The van der Waals surface area contributed by atoms with Gasteiger partial charge in [0.15, 0.2) is 5.82 Å². The number of halogens is 3. The maximum Gasteiger partial charge on any atom is 0.319 e. The number of piperidine rings is 1. The van der Waals surface area contributed by atoms with E-state index in [1.807, 2.05) is 4.90 Å². The third kappa shape index (κ3) is 3.78. The third-order valence-electron chi connectivity index (χ3n) is 6.97. The normalized spacial score (nSPS) is 28.5. The molecule has 3 aliphatic rings. The second kappa shape index (κ2) is 7.88. The van der Waals surface area contributed by atoms with Crippen LogP contribution in [0.25, 0.3) is 10.9 Å². The summed E-state index contributed by atoms with van der Waals surface area (Å²) in [7, 11) is 0. The molecule has 0 radical (unpaired) electrons. The van der Waals surface area contributed by atoms with Gasteiger partial charge in [0, 0.05) is 25.0 Å². The topological polar surface area (TPSA) is 61.7 Å². The molecule has 3 saturated heterocycles. The Balaban J connectivity index is 1.54. The highest BCUT2D eigenvalue weighted by Crippen LogP contribution is 2.41. The quantitative estimate of drug-likeness (QED) is 0.493. The maximum absolute atomic E-state index is 15.0. The Bertz CT molecular complexity index is 1100. The molecule has 1 aromatic carbocycles. The summed E-state index contributed by atoms with van der Waals surface area (Å²) in [5.41, 5.74) is 0.164. The lowest BCUT2D eigenvalue weighted by atomic mass is 9.94. The molecule has 3 aliphatic heterocycles. The van der Waals surface area contributed by atoms with E-state index < -0.39 is 17.2 Å². The molecule has 4 heterocycles. The lowest BCUT2D eigenvalue weighted by molar-refractivity contribution is 0.0447. The van der Waals surface area contributed by atoms with Crippen LogP contribution in [0.4, 0.5) is 14.6 Å². The molecule has 0 saturated carbocycles. The van der Waals surface area contributed by atoms with E-state index in [-0.39, 0.29) is 26.9 Å². The molecule has 1 unspecified atom stereocenters. The van der Waals surface area contributed by atoms with Crippen LogP contribution < -0.4 is 9.64 Å². The van der Waals surface area contributed by atoms with Gasteiger partial charge in [-0.15, -0.1) is 0 Å². The van der Waals surface area contributed by atoms with Gasteiger partial charge in [-0.2, -0.15) is 9.97 Å². The highest BCUT2D eigenvalue weighted by molar-refractivity contribution is 9.10. The van der Waals surface area contributed by atoms with Crippen LogP contribution in [-0.4, -0.2) is 63.9 Å². The summed E-state index contributed by atoms with van der Waals surface area (Å²) in [5, 5.41) is 10.9. The van der Waals surface area contributed by atoms with Crippen molar-refractivity contribution >= 4 is 32.7 Å². The van der Waals surface area contributed by atoms with E-state index in [0.717, 1.165) is 38.8 Å². The SMILES string of the molecule is C=C1CN2CCCC2(COc2nc(N3CCC[C@@](C)(O)C3)c3cc(F)c(Br)c(F)c3n2)C1. The van der Waals surface area contributed by atoms with Crippen molar-refractivity contribution in [3.63, 3.8) is 0 Å². The van der Waals surface area contributed by atoms with E-state index >= 15 is 4.39 Å². The zero-order valence-corrected chi connectivity index (χ0v) is 19.7. The monoisotopic (exact) mass is 508 g/mol. The number of hydrogen-bond acceptors (Lipinski definition) is 6. The van der Waals surface area contributed by atoms with E-state index in [1.165, 1.54) is 11.6 Å². The zero-order chi connectivity index (χ0) is 22.7. The number of aromatic nitrogens is 2. The summed E-state index contributed by atoms with van der Waals surface area (Å²) >= 11 is 2.98. The van der Waals surface area contributed by atoms with Crippen LogP contribution >= 0.6 is 15.9 Å². The van der Waals surface area contributed by atoms with Crippen LogP contribution in [0.15, 0.2) is 22.7 Å². The number of ether oxygens (including phenoxy) is 1. The van der Waals surface area contributed by atoms with E-state index in [4.69, 9.17) is 4.74 Å². The van der Waals surface area contributed by atoms with Crippen LogP contribution in [0.5, 0.6) is 6.01 Å². The minimum absolute atomic E-state index is 0.0000936. The van der Waals surface area contributed by atoms with E-state index in [0.29, 0.717) is 31.9 Å². The Hall–Kier alpha value is -1.84. The van der Waals surface area contributed by atoms with Crippen molar-refractivity contribution in [1.82, 2.24) is 14.9 Å². The van der Waals surface area contributed by atoms with Crippen molar-refractivity contribution in [1.29, 1.82) is 0 Å². The van der Waals surface area contributed by atoms with Crippen molar-refractivity contribution in [3.05, 3.63) is 34.3 Å². The Morgan fingerprint density at radius 1 is 1.25 bits per heavy atom. The van der Waals surface area contributed by atoms with Crippen LogP contribution in [0, 0.1) is 11.6 Å². The Morgan fingerprint density at radius 2 is 2.03 bits per heavy atom. The van der Waals surface area contributed by atoms with E-state index in [1.54, 1.807) is 6.92 Å². The number of β-amino-alcohol motifs (C(OH)–C–C–N with tert-alkyl or cyclic N) is 1. The molecule has 9 heteroatoms. The number of anilines is 1. The highest BCUT2D eigenvalue weighted by atomic mass is 79.9. The molecule has 0 bridgehead atoms. The average molecular weight is 509 g/mol. The Labute approximate surface area is 194 Å². The smallest absolute Gasteiger partial charge is 0.319 e. The lowest BCUT2D eigenvalue weighted by Gasteiger charge is -2.38. The van der Waals surface area contributed by atoms with Crippen LogP contribution in [0.1, 0.15) is 39.0 Å². The number of aliphatic hydroxyl groups is 1. The number of nitrogens with zero attached hydrogens (tertiary/aromatic N) is 4. The molecule has 1 N–H and O–H groups in total. The van der Waals surface area contributed by atoms with Gasteiger partial charge in [0.2, 0.25) is 0 Å². The molecule has 1 aromatic heterocycles. The minimum Gasteiger partial charge on any atom is -0.461 e. The van der Waals surface area contributed by atoms with Gasteiger partial charge in [-0.1, -0.05) is 12.2 Å². The molecule has 5 rings (SSSR count). The first-order valence-corrected chi connectivity index (χ1v) is 11.8. The standard InChI is InChI=1S/C23H27BrF2N4O2/c1-14-10-23(6-4-8-30(23)11-14)13-32-21-27-19-15(9-16(25)17(24)18(19)26)20(28-21)29-7-3-5-22(2,31)12-29/h9,31H,1,3-8,10-13H2,2H3/t22-,23?/m1/s1. The largest absolute Gasteiger partial charge is 0.461 e. The molecule has 2 atom stereocenters. The predicted molar refractivity (Wildman–Crippen MR) is 122 cm³/mol. The molecule has 0 aliphatic carbocycles. The second-order valence-corrected chi connectivity index (χ2v) is 10.5. The predicted octanol–water partition coefficient (Wildman–Crippen LogP) is 4.20. The molecule has 172 valence electrons. The van der Waals surface area contributed by atoms with Crippen molar-refractivity contribution in [2.45, 2.75) is 50.2 Å². The average Bonchev–Trinajstić information content (AvgIpc) is 3.25. The third-order valence-corrected chi connectivity index (χ3v) is 7.69. The van der Waals surface area contributed by atoms with Gasteiger partial charge in [-0.25, -0.2) is 8.78 Å². The fraction of sp³-hybridized carbons (Fsp3) is 0.565. The van der Waals surface area contributed by atoms with Crippen molar-refractivity contribution in [2.24, 2.45) is 0 Å². The van der Waals surface area contributed by atoms with Crippen LogP contribution in [0.2, 0.25) is 0 Å². The lowest BCUT2D eigenvalue weighted by Crippen LogP contribution is -2.46.